The number of anilines is 2. The number of nitrogens with zero attached hydrogens (tertiary/aromatic N) is 1. The average molecular weight is 302 g/mol. The summed E-state index contributed by atoms with van der Waals surface area (Å²) < 4.78 is 0. The second kappa shape index (κ2) is 5.51. The Morgan fingerprint density at radius 3 is 2.87 bits per heavy atom. The van der Waals surface area contributed by atoms with Gasteiger partial charge >= 0.3 is 0 Å². The normalized spacial score (nSPS) is 13.9. The molecular weight excluding hydrogens is 284 g/mol. The zero-order valence-electron chi connectivity index (χ0n) is 13.1. The second-order valence-corrected chi connectivity index (χ2v) is 6.16. The van der Waals surface area contributed by atoms with Crippen molar-refractivity contribution in [2.45, 2.75) is 26.2 Å². The summed E-state index contributed by atoms with van der Waals surface area (Å²) in [5.74, 6) is 1.11. The molecule has 0 aliphatic heterocycles. The predicted molar refractivity (Wildman–Crippen MR) is 93.5 cm³/mol. The molecule has 1 aliphatic rings. The van der Waals surface area contributed by atoms with Crippen molar-refractivity contribution < 1.29 is 4.79 Å². The lowest BCUT2D eigenvalue weighted by atomic mass is 9.90. The van der Waals surface area contributed by atoms with Gasteiger partial charge in [0.05, 0.1) is 0 Å². The summed E-state index contributed by atoms with van der Waals surface area (Å²) in [6, 6.07) is 14.4. The maximum atomic E-state index is 11.9. The highest BCUT2D eigenvalue weighted by Crippen LogP contribution is 2.28. The third kappa shape index (κ3) is 2.59. The van der Waals surface area contributed by atoms with Gasteiger partial charge in [0.25, 0.3) is 0 Å². The fourth-order valence-corrected chi connectivity index (χ4v) is 3.26. The maximum Gasteiger partial charge on any atom is 0.163 e. The van der Waals surface area contributed by atoms with Crippen LogP contribution in [0.25, 0.3) is 10.8 Å². The van der Waals surface area contributed by atoms with Crippen molar-refractivity contribution in [2.75, 3.05) is 5.32 Å². The molecule has 0 radical (unpaired) electrons. The van der Waals surface area contributed by atoms with Crippen molar-refractivity contribution in [3.05, 3.63) is 65.4 Å². The molecule has 0 fully saturated rings. The van der Waals surface area contributed by atoms with E-state index in [0.29, 0.717) is 6.42 Å². The van der Waals surface area contributed by atoms with Crippen molar-refractivity contribution in [1.29, 1.82) is 0 Å². The second-order valence-electron chi connectivity index (χ2n) is 6.16. The van der Waals surface area contributed by atoms with Crippen LogP contribution in [-0.2, 0) is 6.42 Å². The van der Waals surface area contributed by atoms with Gasteiger partial charge in [-0.15, -0.1) is 0 Å². The van der Waals surface area contributed by atoms with Gasteiger partial charge in [-0.1, -0.05) is 23.8 Å². The number of rotatable bonds is 2. The van der Waals surface area contributed by atoms with Crippen LogP contribution in [0.2, 0.25) is 0 Å². The number of ketones is 1. The number of hydrogen-bond donors (Lipinski definition) is 1. The Bertz CT molecular complexity index is 915. The number of carbonyl (C=O) groups excluding carboxylic acids is 1. The molecule has 1 N–H and O–H groups in total. The summed E-state index contributed by atoms with van der Waals surface area (Å²) in [6.45, 7) is 2.09. The van der Waals surface area contributed by atoms with E-state index < -0.39 is 0 Å². The molecule has 0 bridgehead atoms. The van der Waals surface area contributed by atoms with E-state index in [-0.39, 0.29) is 5.78 Å². The first kappa shape index (κ1) is 13.9. The van der Waals surface area contributed by atoms with Crippen LogP contribution in [0.1, 0.15) is 34.3 Å². The maximum absolute atomic E-state index is 11.9. The standard InChI is InChI=1S/C20H18N2O/c1-13-5-7-18-15(11-13)9-10-21-20(18)22-16-6-8-17-14(12-16)3-2-4-19(17)23/h5-12H,2-4H2,1H3,(H,21,22). The lowest BCUT2D eigenvalue weighted by Gasteiger charge is -2.16. The van der Waals surface area contributed by atoms with Gasteiger partial charge in [0.15, 0.2) is 5.78 Å². The number of carbonyl (C=O) groups is 1. The molecule has 1 aliphatic carbocycles. The molecule has 0 unspecified atom stereocenters. The van der Waals surface area contributed by atoms with Crippen LogP contribution in [-0.4, -0.2) is 10.8 Å². The highest BCUT2D eigenvalue weighted by molar-refractivity contribution is 5.99. The molecule has 2 aromatic carbocycles. The smallest absolute Gasteiger partial charge is 0.163 e. The van der Waals surface area contributed by atoms with Crippen molar-refractivity contribution in [3.8, 4) is 0 Å². The summed E-state index contributed by atoms with van der Waals surface area (Å²) in [6.07, 6.45) is 4.41. The lowest BCUT2D eigenvalue weighted by molar-refractivity contribution is 0.0972. The zero-order chi connectivity index (χ0) is 15.8. The molecule has 0 amide bonds. The van der Waals surface area contributed by atoms with Crippen LogP contribution < -0.4 is 5.32 Å². The molecule has 23 heavy (non-hydrogen) atoms. The first-order chi connectivity index (χ1) is 11.2. The van der Waals surface area contributed by atoms with Crippen LogP contribution in [0, 0.1) is 6.92 Å². The molecule has 1 aromatic heterocycles. The summed E-state index contributed by atoms with van der Waals surface area (Å²) >= 11 is 0. The van der Waals surface area contributed by atoms with E-state index in [4.69, 9.17) is 0 Å². The number of aryl methyl sites for hydroxylation is 2. The van der Waals surface area contributed by atoms with Crippen LogP contribution in [0.5, 0.6) is 0 Å². The average Bonchev–Trinajstić information content (AvgIpc) is 2.55. The van der Waals surface area contributed by atoms with Crippen LogP contribution in [0.15, 0.2) is 48.7 Å². The summed E-state index contributed by atoms with van der Waals surface area (Å²) in [4.78, 5) is 16.4. The van der Waals surface area contributed by atoms with E-state index in [1.165, 1.54) is 10.9 Å². The molecule has 3 aromatic rings. The number of aromatic nitrogens is 1. The number of pyridine rings is 1. The SMILES string of the molecule is Cc1ccc2c(Nc3ccc4c(c3)CCCC4=O)nccc2c1. The Hall–Kier alpha value is -2.68. The topological polar surface area (TPSA) is 42.0 Å². The molecular formula is C20H18N2O. The van der Waals surface area contributed by atoms with Gasteiger partial charge in [-0.05, 0) is 55.0 Å². The molecule has 114 valence electrons. The minimum Gasteiger partial charge on any atom is -0.340 e. The van der Waals surface area contributed by atoms with Gasteiger partial charge in [-0.25, -0.2) is 4.98 Å². The Kier molecular flexibility index (Phi) is 3.34. The van der Waals surface area contributed by atoms with Gasteiger partial charge in [0.1, 0.15) is 5.82 Å². The molecule has 0 spiro atoms. The molecule has 0 saturated carbocycles. The van der Waals surface area contributed by atoms with Crippen molar-refractivity contribution >= 4 is 28.1 Å². The van der Waals surface area contributed by atoms with Crippen molar-refractivity contribution in [1.82, 2.24) is 4.98 Å². The fourth-order valence-electron chi connectivity index (χ4n) is 3.26. The number of benzene rings is 2. The third-order valence-corrected chi connectivity index (χ3v) is 4.44. The van der Waals surface area contributed by atoms with Gasteiger partial charge in [-0.2, -0.15) is 0 Å². The van der Waals surface area contributed by atoms with E-state index in [9.17, 15) is 4.79 Å². The first-order valence-electron chi connectivity index (χ1n) is 7.99. The van der Waals surface area contributed by atoms with Gasteiger partial charge in [0.2, 0.25) is 0 Å². The van der Waals surface area contributed by atoms with E-state index >= 15 is 0 Å². The van der Waals surface area contributed by atoms with E-state index in [0.717, 1.165) is 40.9 Å². The molecule has 1 heterocycles. The van der Waals surface area contributed by atoms with E-state index in [2.05, 4.69) is 41.5 Å². The molecule has 3 nitrogen and oxygen atoms in total. The van der Waals surface area contributed by atoms with E-state index in [1.807, 2.05) is 24.4 Å². The first-order valence-corrected chi connectivity index (χ1v) is 7.99. The number of hydrogen-bond acceptors (Lipinski definition) is 3. The van der Waals surface area contributed by atoms with Crippen LogP contribution in [0.3, 0.4) is 0 Å². The van der Waals surface area contributed by atoms with Crippen molar-refractivity contribution in [2.24, 2.45) is 0 Å². The number of nitrogens with one attached hydrogen (secondary N) is 1. The highest BCUT2D eigenvalue weighted by atomic mass is 16.1. The molecule has 4 rings (SSSR count). The Morgan fingerprint density at radius 1 is 1.04 bits per heavy atom. The molecule has 3 heteroatoms. The summed E-state index contributed by atoms with van der Waals surface area (Å²) in [5, 5.41) is 5.69. The quantitative estimate of drug-likeness (QED) is 0.739. The monoisotopic (exact) mass is 302 g/mol. The fraction of sp³-hybridized carbons (Fsp3) is 0.200. The Balaban J connectivity index is 1.72. The van der Waals surface area contributed by atoms with Crippen molar-refractivity contribution in [3.63, 3.8) is 0 Å². The third-order valence-electron chi connectivity index (χ3n) is 4.44. The van der Waals surface area contributed by atoms with Gasteiger partial charge in [0, 0.05) is 29.3 Å². The van der Waals surface area contributed by atoms with Gasteiger partial charge in [-0.3, -0.25) is 4.79 Å². The van der Waals surface area contributed by atoms with Crippen LogP contribution in [0.4, 0.5) is 11.5 Å². The molecule has 0 saturated heterocycles. The summed E-state index contributed by atoms with van der Waals surface area (Å²) in [5.41, 5.74) is 4.24. The highest BCUT2D eigenvalue weighted by Gasteiger charge is 2.17. The van der Waals surface area contributed by atoms with Gasteiger partial charge < -0.3 is 5.32 Å². The Morgan fingerprint density at radius 2 is 1.96 bits per heavy atom. The number of fused-ring (bicyclic) bond motifs is 2. The lowest BCUT2D eigenvalue weighted by Crippen LogP contribution is -2.10. The molecule has 0 atom stereocenters. The van der Waals surface area contributed by atoms with E-state index in [1.54, 1.807) is 0 Å². The minimum absolute atomic E-state index is 0.261. The minimum atomic E-state index is 0.261. The largest absolute Gasteiger partial charge is 0.340 e. The Labute approximate surface area is 135 Å². The zero-order valence-corrected chi connectivity index (χ0v) is 13.1. The van der Waals surface area contributed by atoms with Crippen LogP contribution >= 0.6 is 0 Å². The predicted octanol–water partition coefficient (Wildman–Crippen LogP) is 4.81. The number of Topliss-reactive ketones (excluding diaryl/α,β-unsaturated/α-hetero) is 1. The summed E-state index contributed by atoms with van der Waals surface area (Å²) in [7, 11) is 0.